The SMILES string of the molecule is CN(CC(=O)Nc1ccc(F)c(F)c1F)S(=O)(=O)c1ccc2c(c1)OCCCO2. The van der Waals surface area contributed by atoms with E-state index in [1.54, 1.807) is 0 Å². The molecule has 1 amide bonds. The number of anilines is 1. The number of rotatable bonds is 5. The summed E-state index contributed by atoms with van der Waals surface area (Å²) >= 11 is 0. The van der Waals surface area contributed by atoms with Crippen LogP contribution in [0.1, 0.15) is 6.42 Å². The van der Waals surface area contributed by atoms with Crippen molar-refractivity contribution in [3.8, 4) is 11.5 Å². The lowest BCUT2D eigenvalue weighted by Gasteiger charge is -2.18. The molecule has 156 valence electrons. The van der Waals surface area contributed by atoms with E-state index < -0.39 is 45.6 Å². The monoisotopic (exact) mass is 430 g/mol. The molecule has 0 unspecified atom stereocenters. The van der Waals surface area contributed by atoms with Gasteiger partial charge in [0.15, 0.2) is 29.0 Å². The molecular formula is C18H17F3N2O5S. The Morgan fingerprint density at radius 2 is 1.76 bits per heavy atom. The molecule has 7 nitrogen and oxygen atoms in total. The smallest absolute Gasteiger partial charge is 0.243 e. The van der Waals surface area contributed by atoms with Crippen molar-refractivity contribution in [1.29, 1.82) is 0 Å². The molecule has 0 saturated heterocycles. The number of halogens is 3. The van der Waals surface area contributed by atoms with Crippen molar-refractivity contribution in [2.45, 2.75) is 11.3 Å². The molecule has 0 radical (unpaired) electrons. The topological polar surface area (TPSA) is 84.9 Å². The van der Waals surface area contributed by atoms with Gasteiger partial charge in [-0.25, -0.2) is 21.6 Å². The fourth-order valence-electron chi connectivity index (χ4n) is 2.58. The van der Waals surface area contributed by atoms with Gasteiger partial charge >= 0.3 is 0 Å². The van der Waals surface area contributed by atoms with Gasteiger partial charge in [0.05, 0.1) is 30.3 Å². The van der Waals surface area contributed by atoms with E-state index in [9.17, 15) is 26.4 Å². The predicted octanol–water partition coefficient (Wildman–Crippen LogP) is 2.52. The molecule has 3 rings (SSSR count). The second-order valence-corrected chi connectivity index (χ2v) is 8.24. The molecule has 2 aromatic rings. The number of hydrogen-bond acceptors (Lipinski definition) is 5. The zero-order chi connectivity index (χ0) is 21.2. The Bertz CT molecular complexity index is 1050. The van der Waals surface area contributed by atoms with E-state index >= 15 is 0 Å². The van der Waals surface area contributed by atoms with E-state index in [-0.39, 0.29) is 10.6 Å². The van der Waals surface area contributed by atoms with Crippen molar-refractivity contribution in [1.82, 2.24) is 4.31 Å². The number of sulfonamides is 1. The molecule has 0 saturated carbocycles. The molecule has 1 N–H and O–H groups in total. The lowest BCUT2D eigenvalue weighted by Crippen LogP contribution is -2.35. The maximum atomic E-state index is 13.7. The Kier molecular flexibility index (Phi) is 5.99. The number of hydrogen-bond donors (Lipinski definition) is 1. The number of carbonyl (C=O) groups is 1. The minimum absolute atomic E-state index is 0.129. The molecule has 0 aromatic heterocycles. The van der Waals surface area contributed by atoms with Crippen LogP contribution in [0.25, 0.3) is 0 Å². The highest BCUT2D eigenvalue weighted by Crippen LogP contribution is 2.32. The first kappa shape index (κ1) is 20.9. The van der Waals surface area contributed by atoms with Gasteiger partial charge in [-0.1, -0.05) is 0 Å². The first-order valence-corrected chi connectivity index (χ1v) is 9.93. The molecule has 1 aliphatic heterocycles. The average Bonchev–Trinajstić information content (AvgIpc) is 2.93. The lowest BCUT2D eigenvalue weighted by atomic mass is 10.3. The van der Waals surface area contributed by atoms with Crippen molar-refractivity contribution in [3.05, 3.63) is 47.8 Å². The quantitative estimate of drug-likeness (QED) is 0.737. The minimum atomic E-state index is -4.09. The minimum Gasteiger partial charge on any atom is -0.490 e. The van der Waals surface area contributed by atoms with Crippen LogP contribution in [0.4, 0.5) is 18.9 Å². The number of likely N-dealkylation sites (N-methyl/N-ethyl adjacent to an activating group) is 1. The number of amides is 1. The summed E-state index contributed by atoms with van der Waals surface area (Å²) in [5, 5.41) is 2.02. The van der Waals surface area contributed by atoms with Crippen molar-refractivity contribution in [2.75, 3.05) is 32.1 Å². The summed E-state index contributed by atoms with van der Waals surface area (Å²) in [6.45, 7) is 0.128. The second-order valence-electron chi connectivity index (χ2n) is 6.19. The Labute approximate surface area is 165 Å². The summed E-state index contributed by atoms with van der Waals surface area (Å²) in [4.78, 5) is 12.0. The Balaban J connectivity index is 1.74. The van der Waals surface area contributed by atoms with Gasteiger partial charge in [-0.2, -0.15) is 4.31 Å². The van der Waals surface area contributed by atoms with E-state index in [2.05, 4.69) is 0 Å². The van der Waals surface area contributed by atoms with Crippen LogP contribution in [-0.2, 0) is 14.8 Å². The van der Waals surface area contributed by atoms with Gasteiger partial charge in [0.25, 0.3) is 0 Å². The number of ether oxygens (including phenoxy) is 2. The van der Waals surface area contributed by atoms with Gasteiger partial charge in [0.1, 0.15) is 0 Å². The molecule has 0 atom stereocenters. The van der Waals surface area contributed by atoms with Gasteiger partial charge in [-0.15, -0.1) is 0 Å². The first-order valence-electron chi connectivity index (χ1n) is 8.49. The van der Waals surface area contributed by atoms with Crippen LogP contribution in [0.5, 0.6) is 11.5 Å². The van der Waals surface area contributed by atoms with E-state index in [1.807, 2.05) is 5.32 Å². The third-order valence-corrected chi connectivity index (χ3v) is 5.90. The lowest BCUT2D eigenvalue weighted by molar-refractivity contribution is -0.116. The van der Waals surface area contributed by atoms with Crippen molar-refractivity contribution < 1.29 is 35.9 Å². The van der Waals surface area contributed by atoms with Crippen molar-refractivity contribution in [2.24, 2.45) is 0 Å². The van der Waals surface area contributed by atoms with Gasteiger partial charge in [-0.05, 0) is 24.3 Å². The normalized spacial score (nSPS) is 13.8. The number of nitrogens with zero attached hydrogens (tertiary/aromatic N) is 1. The third kappa shape index (κ3) is 4.46. The largest absolute Gasteiger partial charge is 0.490 e. The fourth-order valence-corrected chi connectivity index (χ4v) is 3.73. The Morgan fingerprint density at radius 1 is 1.07 bits per heavy atom. The van der Waals surface area contributed by atoms with E-state index in [0.29, 0.717) is 31.5 Å². The third-order valence-electron chi connectivity index (χ3n) is 4.10. The molecule has 1 heterocycles. The molecule has 2 aromatic carbocycles. The summed E-state index contributed by atoms with van der Waals surface area (Å²) in [6.07, 6.45) is 0.650. The maximum absolute atomic E-state index is 13.7. The maximum Gasteiger partial charge on any atom is 0.243 e. The summed E-state index contributed by atoms with van der Waals surface area (Å²) in [5.74, 6) is -4.98. The van der Waals surface area contributed by atoms with Crippen LogP contribution in [0.2, 0.25) is 0 Å². The molecular weight excluding hydrogens is 413 g/mol. The number of nitrogens with one attached hydrogen (secondary N) is 1. The number of carbonyl (C=O) groups excluding carboxylic acids is 1. The van der Waals surface area contributed by atoms with Crippen LogP contribution in [-0.4, -0.2) is 45.4 Å². The molecule has 0 aliphatic carbocycles. The van der Waals surface area contributed by atoms with Gasteiger partial charge in [0.2, 0.25) is 15.9 Å². The first-order chi connectivity index (χ1) is 13.7. The fraction of sp³-hybridized carbons (Fsp3) is 0.278. The molecule has 0 bridgehead atoms. The van der Waals surface area contributed by atoms with Gasteiger partial charge < -0.3 is 14.8 Å². The van der Waals surface area contributed by atoms with Crippen molar-refractivity contribution in [3.63, 3.8) is 0 Å². The second kappa shape index (κ2) is 8.29. The molecule has 0 fully saturated rings. The predicted molar refractivity (Wildman–Crippen MR) is 96.8 cm³/mol. The van der Waals surface area contributed by atoms with Crippen LogP contribution in [0.3, 0.4) is 0 Å². The summed E-state index contributed by atoms with van der Waals surface area (Å²) in [7, 11) is -2.94. The van der Waals surface area contributed by atoms with Crippen LogP contribution in [0, 0.1) is 17.5 Å². The van der Waals surface area contributed by atoms with Crippen LogP contribution in [0.15, 0.2) is 35.2 Å². The van der Waals surface area contributed by atoms with E-state index in [0.717, 1.165) is 17.4 Å². The summed E-state index contributed by atoms with van der Waals surface area (Å²) in [6, 6.07) is 5.54. The summed E-state index contributed by atoms with van der Waals surface area (Å²) < 4.78 is 77.0. The Hall–Kier alpha value is -2.79. The standard InChI is InChI=1S/C18H17F3N2O5S/c1-23(10-16(24)22-13-5-4-12(19)17(20)18(13)21)29(25,26)11-3-6-14-15(9-11)28-8-2-7-27-14/h3-6,9H,2,7-8,10H2,1H3,(H,22,24). The van der Waals surface area contributed by atoms with Crippen molar-refractivity contribution >= 4 is 21.6 Å². The molecule has 29 heavy (non-hydrogen) atoms. The zero-order valence-electron chi connectivity index (χ0n) is 15.2. The molecule has 0 spiro atoms. The van der Waals surface area contributed by atoms with Gasteiger partial charge in [0, 0.05) is 19.5 Å². The number of benzene rings is 2. The van der Waals surface area contributed by atoms with E-state index in [1.165, 1.54) is 18.2 Å². The molecule has 1 aliphatic rings. The molecule has 11 heteroatoms. The van der Waals surface area contributed by atoms with Crippen LogP contribution < -0.4 is 14.8 Å². The average molecular weight is 430 g/mol. The van der Waals surface area contributed by atoms with Crippen LogP contribution >= 0.6 is 0 Å². The Morgan fingerprint density at radius 3 is 2.48 bits per heavy atom. The van der Waals surface area contributed by atoms with E-state index in [4.69, 9.17) is 9.47 Å². The highest BCUT2D eigenvalue weighted by molar-refractivity contribution is 7.89. The zero-order valence-corrected chi connectivity index (χ0v) is 16.1. The van der Waals surface area contributed by atoms with Gasteiger partial charge in [-0.3, -0.25) is 4.79 Å². The highest BCUT2D eigenvalue weighted by atomic mass is 32.2. The highest BCUT2D eigenvalue weighted by Gasteiger charge is 2.26. The summed E-state index contributed by atoms with van der Waals surface area (Å²) in [5.41, 5.74) is -0.602. The number of fused-ring (bicyclic) bond motifs is 1.